The van der Waals surface area contributed by atoms with Crippen LogP contribution in [0.2, 0.25) is 0 Å². The average molecular weight is 553 g/mol. The van der Waals surface area contributed by atoms with E-state index in [0.717, 1.165) is 37.3 Å². The lowest BCUT2D eigenvalue weighted by molar-refractivity contribution is -0.138. The predicted octanol–water partition coefficient (Wildman–Crippen LogP) is 3.79. The fraction of sp³-hybridized carbons (Fsp3) is 0.483. The van der Waals surface area contributed by atoms with E-state index in [1.807, 2.05) is 34.7 Å². The van der Waals surface area contributed by atoms with Gasteiger partial charge in [0, 0.05) is 61.5 Å². The lowest BCUT2D eigenvalue weighted by Gasteiger charge is -2.42. The van der Waals surface area contributed by atoms with Crippen molar-refractivity contribution in [2.75, 3.05) is 49.2 Å². The number of fused-ring (bicyclic) bond motifs is 2. The Morgan fingerprint density at radius 3 is 2.67 bits per heavy atom. The van der Waals surface area contributed by atoms with Crippen molar-refractivity contribution in [3.05, 3.63) is 70.8 Å². The van der Waals surface area contributed by atoms with E-state index in [0.29, 0.717) is 50.1 Å². The number of benzene rings is 2. The SMILES string of the molecule is Cn1cnnc1CC1(c2cccc(N3Cc4c(cc(N5CCN6CCCC6C5)cc4C(F)(F)F)C3=O)c2)COC1. The maximum Gasteiger partial charge on any atom is 0.416 e. The van der Waals surface area contributed by atoms with Crippen molar-refractivity contribution in [1.29, 1.82) is 0 Å². The molecule has 5 heterocycles. The van der Waals surface area contributed by atoms with Crippen LogP contribution in [0.1, 0.15) is 45.7 Å². The number of anilines is 2. The number of alkyl halides is 3. The Bertz CT molecular complexity index is 1470. The summed E-state index contributed by atoms with van der Waals surface area (Å²) in [7, 11) is 1.89. The number of carbonyl (C=O) groups is 1. The molecule has 0 radical (unpaired) electrons. The minimum atomic E-state index is -4.56. The molecule has 4 aliphatic heterocycles. The Morgan fingerprint density at radius 1 is 1.10 bits per heavy atom. The van der Waals surface area contributed by atoms with Gasteiger partial charge in [0.1, 0.15) is 12.2 Å². The Kier molecular flexibility index (Phi) is 5.94. The van der Waals surface area contributed by atoms with Gasteiger partial charge in [0.25, 0.3) is 5.91 Å². The Balaban J connectivity index is 1.21. The van der Waals surface area contributed by atoms with Crippen molar-refractivity contribution in [2.24, 2.45) is 7.05 Å². The monoisotopic (exact) mass is 552 g/mol. The number of aromatic nitrogens is 3. The van der Waals surface area contributed by atoms with Gasteiger partial charge >= 0.3 is 6.18 Å². The summed E-state index contributed by atoms with van der Waals surface area (Å²) in [6, 6.07) is 10.8. The lowest BCUT2D eigenvalue weighted by Crippen LogP contribution is -2.50. The van der Waals surface area contributed by atoms with Gasteiger partial charge in [-0.25, -0.2) is 0 Å². The molecule has 1 aromatic heterocycles. The summed E-state index contributed by atoms with van der Waals surface area (Å²) >= 11 is 0. The van der Waals surface area contributed by atoms with Crippen molar-refractivity contribution in [3.8, 4) is 0 Å². The summed E-state index contributed by atoms with van der Waals surface area (Å²) in [4.78, 5) is 19.6. The molecule has 3 aromatic rings. The number of hydrogen-bond donors (Lipinski definition) is 0. The number of amides is 1. The number of ether oxygens (including phenoxy) is 1. The van der Waals surface area contributed by atoms with Gasteiger partial charge in [-0.1, -0.05) is 12.1 Å². The summed E-state index contributed by atoms with van der Waals surface area (Å²) in [5.41, 5.74) is 1.17. The van der Waals surface area contributed by atoms with Crippen molar-refractivity contribution >= 4 is 17.3 Å². The molecule has 40 heavy (non-hydrogen) atoms. The fourth-order valence-electron chi connectivity index (χ4n) is 6.76. The van der Waals surface area contributed by atoms with E-state index in [-0.39, 0.29) is 23.1 Å². The van der Waals surface area contributed by atoms with Crippen LogP contribution in [0.4, 0.5) is 24.5 Å². The third kappa shape index (κ3) is 4.17. The highest BCUT2D eigenvalue weighted by Gasteiger charge is 2.44. The number of rotatable bonds is 5. The van der Waals surface area contributed by atoms with Crippen molar-refractivity contribution < 1.29 is 22.7 Å². The first-order valence-corrected chi connectivity index (χ1v) is 13.8. The van der Waals surface area contributed by atoms with E-state index >= 15 is 0 Å². The van der Waals surface area contributed by atoms with E-state index < -0.39 is 17.6 Å². The third-order valence-electron chi connectivity index (χ3n) is 9.11. The van der Waals surface area contributed by atoms with Crippen LogP contribution in [0, 0.1) is 0 Å². The van der Waals surface area contributed by atoms with E-state index in [1.165, 1.54) is 11.0 Å². The van der Waals surface area contributed by atoms with Gasteiger partial charge in [0.2, 0.25) is 0 Å². The van der Waals surface area contributed by atoms with E-state index in [4.69, 9.17) is 4.74 Å². The second-order valence-corrected chi connectivity index (χ2v) is 11.5. The zero-order valence-electron chi connectivity index (χ0n) is 22.3. The van der Waals surface area contributed by atoms with Crippen LogP contribution in [0.5, 0.6) is 0 Å². The molecule has 0 N–H and O–H groups in total. The highest BCUT2D eigenvalue weighted by atomic mass is 19.4. The Morgan fingerprint density at radius 2 is 1.95 bits per heavy atom. The molecule has 4 aliphatic rings. The van der Waals surface area contributed by atoms with Gasteiger partial charge in [-0.3, -0.25) is 9.69 Å². The molecule has 0 saturated carbocycles. The first-order chi connectivity index (χ1) is 19.2. The van der Waals surface area contributed by atoms with Gasteiger partial charge in [-0.05, 0) is 54.8 Å². The zero-order valence-corrected chi connectivity index (χ0v) is 22.3. The summed E-state index contributed by atoms with van der Waals surface area (Å²) in [6.45, 7) is 4.09. The summed E-state index contributed by atoms with van der Waals surface area (Å²) in [5, 5.41) is 8.20. The van der Waals surface area contributed by atoms with Crippen LogP contribution in [-0.2, 0) is 36.3 Å². The maximum atomic E-state index is 14.4. The molecule has 7 rings (SSSR count). The van der Waals surface area contributed by atoms with Crippen LogP contribution < -0.4 is 9.80 Å². The molecule has 3 saturated heterocycles. The van der Waals surface area contributed by atoms with Gasteiger partial charge in [0.15, 0.2) is 0 Å². The van der Waals surface area contributed by atoms with Crippen molar-refractivity contribution in [1.82, 2.24) is 19.7 Å². The van der Waals surface area contributed by atoms with Crippen LogP contribution >= 0.6 is 0 Å². The van der Waals surface area contributed by atoms with Gasteiger partial charge in [-0.15, -0.1) is 10.2 Å². The smallest absolute Gasteiger partial charge is 0.379 e. The van der Waals surface area contributed by atoms with Crippen molar-refractivity contribution in [3.63, 3.8) is 0 Å². The summed E-state index contributed by atoms with van der Waals surface area (Å²) < 4.78 is 50.6. The molecular formula is C29H31F3N6O2. The zero-order chi connectivity index (χ0) is 27.6. The molecular weight excluding hydrogens is 521 g/mol. The Hall–Kier alpha value is -3.44. The number of piperazine rings is 1. The van der Waals surface area contributed by atoms with Crippen LogP contribution in [0.15, 0.2) is 42.7 Å². The predicted molar refractivity (Wildman–Crippen MR) is 142 cm³/mol. The summed E-state index contributed by atoms with van der Waals surface area (Å²) in [5.74, 6) is 0.422. The minimum Gasteiger partial charge on any atom is -0.379 e. The van der Waals surface area contributed by atoms with Crippen LogP contribution in [0.25, 0.3) is 0 Å². The number of halogens is 3. The molecule has 0 spiro atoms. The van der Waals surface area contributed by atoms with Crippen LogP contribution in [0.3, 0.4) is 0 Å². The number of hydrogen-bond acceptors (Lipinski definition) is 6. The molecule has 0 aliphatic carbocycles. The summed E-state index contributed by atoms with van der Waals surface area (Å²) in [6.07, 6.45) is -0.123. The molecule has 210 valence electrons. The second-order valence-electron chi connectivity index (χ2n) is 11.5. The first-order valence-electron chi connectivity index (χ1n) is 13.8. The second kappa shape index (κ2) is 9.31. The molecule has 11 heteroatoms. The standard InChI is InChI=1S/C29H31F3N6O2/c1-35-18-33-34-26(35)13-28(16-40-17-28)19-4-2-5-20(10-19)38-15-24-23(27(38)39)11-22(12-25(24)29(30,31)32)37-9-8-36-7-3-6-21(36)14-37/h2,4-5,10-12,18,21H,3,6-9,13-17H2,1H3. The molecule has 1 unspecified atom stereocenters. The number of aryl methyl sites for hydroxylation is 1. The Labute approximate surface area is 230 Å². The quantitative estimate of drug-likeness (QED) is 0.480. The van der Waals surface area contributed by atoms with Crippen LogP contribution in [-0.4, -0.2) is 71.0 Å². The average Bonchev–Trinajstić information content (AvgIpc) is 3.63. The molecule has 0 bridgehead atoms. The number of nitrogens with zero attached hydrogens (tertiary/aromatic N) is 6. The normalized spacial score (nSPS) is 22.4. The lowest BCUT2D eigenvalue weighted by atomic mass is 9.75. The third-order valence-corrected chi connectivity index (χ3v) is 9.11. The molecule has 2 aromatic carbocycles. The number of carbonyl (C=O) groups excluding carboxylic acids is 1. The largest absolute Gasteiger partial charge is 0.416 e. The van der Waals surface area contributed by atoms with E-state index in [1.54, 1.807) is 18.5 Å². The minimum absolute atomic E-state index is 0.0481. The topological polar surface area (TPSA) is 66.7 Å². The van der Waals surface area contributed by atoms with Gasteiger partial charge in [0.05, 0.1) is 25.3 Å². The van der Waals surface area contributed by atoms with E-state index in [2.05, 4.69) is 15.1 Å². The van der Waals surface area contributed by atoms with E-state index in [9.17, 15) is 18.0 Å². The molecule has 8 nitrogen and oxygen atoms in total. The highest BCUT2D eigenvalue weighted by Crippen LogP contribution is 2.43. The molecule has 3 fully saturated rings. The highest BCUT2D eigenvalue weighted by molar-refractivity contribution is 6.11. The van der Waals surface area contributed by atoms with Gasteiger partial charge < -0.3 is 19.1 Å². The maximum absolute atomic E-state index is 14.4. The molecule has 1 amide bonds. The molecule has 1 atom stereocenters. The van der Waals surface area contributed by atoms with Crippen molar-refractivity contribution in [2.45, 2.75) is 43.4 Å². The van der Waals surface area contributed by atoms with Gasteiger partial charge in [-0.2, -0.15) is 13.2 Å². The first kappa shape index (κ1) is 25.5. The fourth-order valence-corrected chi connectivity index (χ4v) is 6.76.